The molecule has 1 aromatic carbocycles. The number of nitrogens with zero attached hydrogens (tertiary/aromatic N) is 2. The highest BCUT2D eigenvalue weighted by Crippen LogP contribution is 2.24. The molecule has 26 heavy (non-hydrogen) atoms. The van der Waals surface area contributed by atoms with Crippen molar-refractivity contribution in [2.24, 2.45) is 5.92 Å². The molecule has 1 aromatic rings. The lowest BCUT2D eigenvalue weighted by Crippen LogP contribution is -2.32. The summed E-state index contributed by atoms with van der Waals surface area (Å²) in [4.78, 5) is 14.3. The molecule has 1 amide bonds. The Morgan fingerprint density at radius 1 is 1.35 bits per heavy atom. The predicted octanol–water partition coefficient (Wildman–Crippen LogP) is 4.81. The van der Waals surface area contributed by atoms with Gasteiger partial charge < -0.3 is 9.64 Å². The van der Waals surface area contributed by atoms with E-state index in [9.17, 15) is 4.79 Å². The molecule has 0 unspecified atom stereocenters. The zero-order valence-electron chi connectivity index (χ0n) is 16.0. The van der Waals surface area contributed by atoms with Crippen LogP contribution >= 0.6 is 0 Å². The summed E-state index contributed by atoms with van der Waals surface area (Å²) in [5.74, 6) is 1.36. The van der Waals surface area contributed by atoms with Gasteiger partial charge in [0.15, 0.2) is 0 Å². The summed E-state index contributed by atoms with van der Waals surface area (Å²) in [5, 5.41) is 8.81. The van der Waals surface area contributed by atoms with E-state index in [4.69, 9.17) is 10.00 Å². The number of rotatable bonds is 9. The minimum absolute atomic E-state index is 0.0389. The maximum Gasteiger partial charge on any atom is 0.246 e. The molecule has 0 saturated heterocycles. The number of nitriles is 1. The Hall–Kier alpha value is -2.28. The van der Waals surface area contributed by atoms with Crippen LogP contribution in [0.1, 0.15) is 57.9 Å². The highest BCUT2D eigenvalue weighted by molar-refractivity contribution is 5.91. The van der Waals surface area contributed by atoms with Gasteiger partial charge in [-0.1, -0.05) is 26.0 Å². The van der Waals surface area contributed by atoms with Gasteiger partial charge in [0.2, 0.25) is 5.91 Å². The van der Waals surface area contributed by atoms with E-state index in [0.717, 1.165) is 30.6 Å². The summed E-state index contributed by atoms with van der Waals surface area (Å²) in [6, 6.07) is 10.0. The number of carbonyl (C=O) groups excluding carboxylic acids is 1. The van der Waals surface area contributed by atoms with Crippen molar-refractivity contribution in [1.29, 1.82) is 5.26 Å². The van der Waals surface area contributed by atoms with Gasteiger partial charge in [-0.3, -0.25) is 4.79 Å². The summed E-state index contributed by atoms with van der Waals surface area (Å²) in [5.41, 5.74) is 0.956. The second kappa shape index (κ2) is 10.7. The Balaban J connectivity index is 1.96. The summed E-state index contributed by atoms with van der Waals surface area (Å²) in [6.07, 6.45) is 9.81. The molecular formula is C22H30N2O2. The van der Waals surface area contributed by atoms with Crippen molar-refractivity contribution < 1.29 is 9.53 Å². The Labute approximate surface area is 157 Å². The number of amides is 1. The van der Waals surface area contributed by atoms with E-state index < -0.39 is 0 Å². The maximum absolute atomic E-state index is 12.5. The molecule has 0 atom stereocenters. The first-order valence-electron chi connectivity index (χ1n) is 9.69. The first-order valence-corrected chi connectivity index (χ1v) is 9.69. The van der Waals surface area contributed by atoms with Gasteiger partial charge >= 0.3 is 0 Å². The number of hydrogen-bond donors (Lipinski definition) is 0. The SMILES string of the molecule is CC(C)CCN(CCC#N)C(=O)/C=C/c1cccc(OC2CCCC2)c1. The average Bonchev–Trinajstić information content (AvgIpc) is 3.13. The molecule has 1 fully saturated rings. The number of hydrogen-bond acceptors (Lipinski definition) is 3. The highest BCUT2D eigenvalue weighted by Gasteiger charge is 2.16. The molecule has 2 rings (SSSR count). The molecule has 0 radical (unpaired) electrons. The third-order valence-corrected chi connectivity index (χ3v) is 4.66. The maximum atomic E-state index is 12.5. The van der Waals surface area contributed by atoms with Crippen LogP contribution in [0.4, 0.5) is 0 Å². The predicted molar refractivity (Wildman–Crippen MR) is 105 cm³/mol. The minimum atomic E-state index is -0.0389. The third kappa shape index (κ3) is 6.92. The average molecular weight is 354 g/mol. The second-order valence-corrected chi connectivity index (χ2v) is 7.35. The first-order chi connectivity index (χ1) is 12.6. The summed E-state index contributed by atoms with van der Waals surface area (Å²) in [7, 11) is 0. The van der Waals surface area contributed by atoms with Crippen LogP contribution in [0.2, 0.25) is 0 Å². The standard InChI is InChI=1S/C22H30N2O2/c1-18(2)13-16-24(15-6-14-23)22(25)12-11-19-7-5-10-21(17-19)26-20-8-3-4-9-20/h5,7,10-12,17-18,20H,3-4,6,8-9,13,15-16H2,1-2H3/b12-11+. The molecule has 4 heteroatoms. The van der Waals surface area contributed by atoms with Crippen LogP contribution in [0.25, 0.3) is 6.08 Å². The second-order valence-electron chi connectivity index (χ2n) is 7.35. The smallest absolute Gasteiger partial charge is 0.246 e. The van der Waals surface area contributed by atoms with E-state index >= 15 is 0 Å². The lowest BCUT2D eigenvalue weighted by atomic mass is 10.1. The molecule has 0 aromatic heterocycles. The molecule has 140 valence electrons. The van der Waals surface area contributed by atoms with E-state index in [1.807, 2.05) is 30.3 Å². The molecule has 0 heterocycles. The van der Waals surface area contributed by atoms with E-state index in [1.54, 1.807) is 11.0 Å². The molecule has 0 spiro atoms. The van der Waals surface area contributed by atoms with Crippen molar-refractivity contribution in [2.45, 2.75) is 58.5 Å². The summed E-state index contributed by atoms with van der Waals surface area (Å²) < 4.78 is 6.02. The molecule has 1 aliphatic rings. The van der Waals surface area contributed by atoms with Crippen LogP contribution in [0, 0.1) is 17.2 Å². The zero-order valence-corrected chi connectivity index (χ0v) is 16.0. The lowest BCUT2D eigenvalue weighted by Gasteiger charge is -2.21. The van der Waals surface area contributed by atoms with Crippen LogP contribution < -0.4 is 4.74 Å². The van der Waals surface area contributed by atoms with Crippen molar-refractivity contribution in [2.75, 3.05) is 13.1 Å². The fourth-order valence-corrected chi connectivity index (χ4v) is 3.09. The van der Waals surface area contributed by atoms with E-state index in [-0.39, 0.29) is 5.91 Å². The topological polar surface area (TPSA) is 53.3 Å². The number of carbonyl (C=O) groups is 1. The number of ether oxygens (including phenoxy) is 1. The van der Waals surface area contributed by atoms with Gasteiger partial charge in [-0.25, -0.2) is 0 Å². The van der Waals surface area contributed by atoms with Crippen LogP contribution in [-0.2, 0) is 4.79 Å². The Bertz CT molecular complexity index is 640. The van der Waals surface area contributed by atoms with Gasteiger partial charge in [0.25, 0.3) is 0 Å². The van der Waals surface area contributed by atoms with Gasteiger partial charge in [0, 0.05) is 19.2 Å². The van der Waals surface area contributed by atoms with E-state index in [1.165, 1.54) is 12.8 Å². The molecule has 1 saturated carbocycles. The van der Waals surface area contributed by atoms with Crippen molar-refractivity contribution in [3.8, 4) is 11.8 Å². The van der Waals surface area contributed by atoms with Gasteiger partial charge in [0.05, 0.1) is 18.6 Å². The Kier molecular flexibility index (Phi) is 8.21. The van der Waals surface area contributed by atoms with Crippen molar-refractivity contribution >= 4 is 12.0 Å². The number of benzene rings is 1. The zero-order chi connectivity index (χ0) is 18.8. The normalized spacial score (nSPS) is 14.7. The van der Waals surface area contributed by atoms with Crippen LogP contribution in [0.3, 0.4) is 0 Å². The van der Waals surface area contributed by atoms with E-state index in [2.05, 4.69) is 19.9 Å². The monoisotopic (exact) mass is 354 g/mol. The summed E-state index contributed by atoms with van der Waals surface area (Å²) >= 11 is 0. The summed E-state index contributed by atoms with van der Waals surface area (Å²) in [6.45, 7) is 5.45. The molecule has 0 N–H and O–H groups in total. The molecular weight excluding hydrogens is 324 g/mol. The Morgan fingerprint density at radius 2 is 2.12 bits per heavy atom. The molecule has 1 aliphatic carbocycles. The fourth-order valence-electron chi connectivity index (χ4n) is 3.09. The first kappa shape index (κ1) is 20.0. The third-order valence-electron chi connectivity index (χ3n) is 4.66. The largest absolute Gasteiger partial charge is 0.490 e. The quantitative estimate of drug-likeness (QED) is 0.598. The lowest BCUT2D eigenvalue weighted by molar-refractivity contribution is -0.126. The highest BCUT2D eigenvalue weighted by atomic mass is 16.5. The van der Waals surface area contributed by atoms with Crippen molar-refractivity contribution in [3.63, 3.8) is 0 Å². The molecule has 0 aliphatic heterocycles. The van der Waals surface area contributed by atoms with Gasteiger partial charge in [-0.2, -0.15) is 5.26 Å². The molecule has 0 bridgehead atoms. The van der Waals surface area contributed by atoms with Crippen LogP contribution in [0.15, 0.2) is 30.3 Å². The van der Waals surface area contributed by atoms with Crippen LogP contribution in [0.5, 0.6) is 5.75 Å². The van der Waals surface area contributed by atoms with Gasteiger partial charge in [-0.15, -0.1) is 0 Å². The van der Waals surface area contributed by atoms with Gasteiger partial charge in [0.1, 0.15) is 5.75 Å². The Morgan fingerprint density at radius 3 is 2.81 bits per heavy atom. The fraction of sp³-hybridized carbons (Fsp3) is 0.545. The van der Waals surface area contributed by atoms with Gasteiger partial charge in [-0.05, 0) is 61.8 Å². The molecule has 4 nitrogen and oxygen atoms in total. The minimum Gasteiger partial charge on any atom is -0.490 e. The van der Waals surface area contributed by atoms with Crippen molar-refractivity contribution in [1.82, 2.24) is 4.90 Å². The van der Waals surface area contributed by atoms with Crippen LogP contribution in [-0.4, -0.2) is 30.0 Å². The van der Waals surface area contributed by atoms with E-state index in [0.29, 0.717) is 31.5 Å². The van der Waals surface area contributed by atoms with Crippen molar-refractivity contribution in [3.05, 3.63) is 35.9 Å².